The van der Waals surface area contributed by atoms with Gasteiger partial charge in [0.15, 0.2) is 5.11 Å². The Morgan fingerprint density at radius 3 is 2.28 bits per heavy atom. The zero-order valence-electron chi connectivity index (χ0n) is 15.2. The number of thiocarbonyl (C=S) groups is 1. The van der Waals surface area contributed by atoms with Gasteiger partial charge in [-0.05, 0) is 42.8 Å². The molecule has 0 bridgehead atoms. The van der Waals surface area contributed by atoms with Gasteiger partial charge in [-0.15, -0.1) is 0 Å². The van der Waals surface area contributed by atoms with Crippen molar-refractivity contribution < 1.29 is 9.59 Å². The van der Waals surface area contributed by atoms with Crippen molar-refractivity contribution in [1.82, 2.24) is 10.6 Å². The Balaban J connectivity index is 2.29. The Morgan fingerprint density at radius 1 is 0.960 bits per heavy atom. The van der Waals surface area contributed by atoms with Crippen molar-refractivity contribution in [2.75, 3.05) is 12.4 Å². The Labute approximate surface area is 156 Å². The van der Waals surface area contributed by atoms with Crippen LogP contribution >= 0.6 is 12.2 Å². The highest BCUT2D eigenvalue weighted by Gasteiger charge is 2.05. The van der Waals surface area contributed by atoms with Gasteiger partial charge in [-0.2, -0.15) is 0 Å². The second-order valence-electron chi connectivity index (χ2n) is 6.04. The van der Waals surface area contributed by atoms with Crippen LogP contribution in [-0.2, 0) is 16.0 Å². The molecule has 2 amide bonds. The van der Waals surface area contributed by atoms with Crippen LogP contribution in [0, 0.1) is 0 Å². The van der Waals surface area contributed by atoms with Gasteiger partial charge in [-0.1, -0.05) is 44.7 Å². The Morgan fingerprint density at radius 2 is 1.64 bits per heavy atom. The predicted octanol–water partition coefficient (Wildman–Crippen LogP) is 3.54. The van der Waals surface area contributed by atoms with Gasteiger partial charge < -0.3 is 16.0 Å². The number of carbonyl (C=O) groups is 2. The number of rotatable bonds is 10. The summed E-state index contributed by atoms with van der Waals surface area (Å²) in [5, 5.41) is 8.64. The maximum Gasteiger partial charge on any atom is 0.226 e. The van der Waals surface area contributed by atoms with Crippen LogP contribution in [0.5, 0.6) is 0 Å². The number of hydrogen-bond acceptors (Lipinski definition) is 3. The van der Waals surface area contributed by atoms with Crippen molar-refractivity contribution in [3.05, 3.63) is 29.8 Å². The van der Waals surface area contributed by atoms with Gasteiger partial charge >= 0.3 is 0 Å². The number of carbonyl (C=O) groups excluding carboxylic acids is 2. The monoisotopic (exact) mass is 363 g/mol. The van der Waals surface area contributed by atoms with E-state index in [1.54, 1.807) is 7.05 Å². The van der Waals surface area contributed by atoms with E-state index in [9.17, 15) is 9.59 Å². The summed E-state index contributed by atoms with van der Waals surface area (Å²) in [6.07, 6.45) is 7.25. The maximum atomic E-state index is 11.8. The predicted molar refractivity (Wildman–Crippen MR) is 107 cm³/mol. The molecule has 1 rings (SSSR count). The van der Waals surface area contributed by atoms with E-state index in [-0.39, 0.29) is 11.8 Å². The van der Waals surface area contributed by atoms with Crippen molar-refractivity contribution in [2.45, 2.75) is 58.3 Å². The first-order valence-corrected chi connectivity index (χ1v) is 9.36. The molecule has 138 valence electrons. The highest BCUT2D eigenvalue weighted by Crippen LogP contribution is 2.11. The van der Waals surface area contributed by atoms with Crippen LogP contribution in [0.15, 0.2) is 24.3 Å². The zero-order valence-corrected chi connectivity index (χ0v) is 16.0. The van der Waals surface area contributed by atoms with Crippen LogP contribution in [0.2, 0.25) is 0 Å². The molecule has 0 fully saturated rings. The summed E-state index contributed by atoms with van der Waals surface area (Å²) in [7, 11) is 1.63. The second kappa shape index (κ2) is 12.4. The van der Waals surface area contributed by atoms with Gasteiger partial charge in [0.1, 0.15) is 0 Å². The van der Waals surface area contributed by atoms with Gasteiger partial charge in [0.05, 0.1) is 0 Å². The molecule has 0 atom stereocenters. The average molecular weight is 364 g/mol. The zero-order chi connectivity index (χ0) is 18.5. The molecular weight excluding hydrogens is 334 g/mol. The van der Waals surface area contributed by atoms with E-state index >= 15 is 0 Å². The number of nitrogens with one attached hydrogen (secondary N) is 3. The van der Waals surface area contributed by atoms with Crippen LogP contribution in [0.4, 0.5) is 5.69 Å². The van der Waals surface area contributed by atoms with Crippen molar-refractivity contribution >= 4 is 34.8 Å². The fourth-order valence-electron chi connectivity index (χ4n) is 2.38. The molecule has 0 saturated carbocycles. The summed E-state index contributed by atoms with van der Waals surface area (Å²) < 4.78 is 0. The highest BCUT2D eigenvalue weighted by molar-refractivity contribution is 7.80. The molecule has 6 heteroatoms. The van der Waals surface area contributed by atoms with E-state index in [1.165, 1.54) is 19.3 Å². The first kappa shape index (κ1) is 21.1. The molecule has 0 aliphatic heterocycles. The number of aryl methyl sites for hydroxylation is 1. The van der Waals surface area contributed by atoms with Crippen LogP contribution < -0.4 is 16.0 Å². The molecule has 0 aliphatic rings. The lowest BCUT2D eigenvalue weighted by atomic mass is 10.1. The number of unbranched alkanes of at least 4 members (excludes halogenated alkanes) is 4. The van der Waals surface area contributed by atoms with Crippen molar-refractivity contribution in [3.8, 4) is 0 Å². The number of anilines is 1. The molecule has 0 spiro atoms. The molecule has 0 radical (unpaired) electrons. The molecule has 0 saturated heterocycles. The third-order valence-electron chi connectivity index (χ3n) is 3.89. The first-order valence-electron chi connectivity index (χ1n) is 8.95. The van der Waals surface area contributed by atoms with E-state index in [0.29, 0.717) is 24.4 Å². The molecule has 5 nitrogen and oxygen atoms in total. The van der Waals surface area contributed by atoms with E-state index < -0.39 is 0 Å². The summed E-state index contributed by atoms with van der Waals surface area (Å²) in [6, 6.07) is 7.68. The molecule has 0 aromatic heterocycles. The van der Waals surface area contributed by atoms with E-state index in [0.717, 1.165) is 24.1 Å². The molecule has 0 heterocycles. The van der Waals surface area contributed by atoms with Crippen LogP contribution in [-0.4, -0.2) is 24.0 Å². The SMILES string of the molecule is CCCCCCCC(=O)NC(=S)Nc1ccc(CCC(=O)NC)cc1. The second-order valence-corrected chi connectivity index (χ2v) is 6.44. The van der Waals surface area contributed by atoms with Crippen molar-refractivity contribution in [2.24, 2.45) is 0 Å². The Hall–Kier alpha value is -1.95. The lowest BCUT2D eigenvalue weighted by Crippen LogP contribution is -2.33. The molecule has 0 unspecified atom stereocenters. The maximum absolute atomic E-state index is 11.8. The minimum Gasteiger partial charge on any atom is -0.359 e. The van der Waals surface area contributed by atoms with Gasteiger partial charge in [0.2, 0.25) is 11.8 Å². The first-order chi connectivity index (χ1) is 12.0. The number of amides is 2. The van der Waals surface area contributed by atoms with Crippen LogP contribution in [0.25, 0.3) is 0 Å². The number of hydrogen-bond donors (Lipinski definition) is 3. The number of benzene rings is 1. The minimum atomic E-state index is -0.0452. The summed E-state index contributed by atoms with van der Waals surface area (Å²) in [5.41, 5.74) is 1.90. The van der Waals surface area contributed by atoms with Gasteiger partial charge in [-0.3, -0.25) is 9.59 Å². The van der Waals surface area contributed by atoms with Crippen LogP contribution in [0.3, 0.4) is 0 Å². The largest absolute Gasteiger partial charge is 0.359 e. The van der Waals surface area contributed by atoms with Gasteiger partial charge in [-0.25, -0.2) is 0 Å². The van der Waals surface area contributed by atoms with Gasteiger partial charge in [0.25, 0.3) is 0 Å². The lowest BCUT2D eigenvalue weighted by molar-refractivity contribution is -0.121. The third-order valence-corrected chi connectivity index (χ3v) is 4.10. The lowest BCUT2D eigenvalue weighted by Gasteiger charge is -2.10. The third kappa shape index (κ3) is 9.82. The van der Waals surface area contributed by atoms with Crippen molar-refractivity contribution in [1.29, 1.82) is 0 Å². The van der Waals surface area contributed by atoms with E-state index in [1.807, 2.05) is 24.3 Å². The molecule has 0 aliphatic carbocycles. The van der Waals surface area contributed by atoms with Crippen LogP contribution in [0.1, 0.15) is 57.4 Å². The Kier molecular flexibility index (Phi) is 10.5. The topological polar surface area (TPSA) is 70.2 Å². The average Bonchev–Trinajstić information content (AvgIpc) is 2.60. The summed E-state index contributed by atoms with van der Waals surface area (Å²) in [5.74, 6) is -0.0167. The van der Waals surface area contributed by atoms with Gasteiger partial charge in [0, 0.05) is 25.6 Å². The fourth-order valence-corrected chi connectivity index (χ4v) is 2.61. The normalized spacial score (nSPS) is 10.2. The minimum absolute atomic E-state index is 0.0285. The van der Waals surface area contributed by atoms with E-state index in [4.69, 9.17) is 12.2 Å². The standard InChI is InChI=1S/C19H29N3O2S/c1-3-4-5-6-7-8-18(24)22-19(25)21-16-12-9-15(10-13-16)11-14-17(23)20-2/h9-10,12-13H,3-8,11,14H2,1-2H3,(H,20,23)(H2,21,22,24,25). The molecular formula is C19H29N3O2S. The molecule has 1 aromatic rings. The molecule has 3 N–H and O–H groups in total. The smallest absolute Gasteiger partial charge is 0.226 e. The molecule has 25 heavy (non-hydrogen) atoms. The Bertz CT molecular complexity index is 558. The highest BCUT2D eigenvalue weighted by atomic mass is 32.1. The summed E-state index contributed by atoms with van der Waals surface area (Å²) >= 11 is 5.17. The summed E-state index contributed by atoms with van der Waals surface area (Å²) in [6.45, 7) is 2.17. The van der Waals surface area contributed by atoms with E-state index in [2.05, 4.69) is 22.9 Å². The quantitative estimate of drug-likeness (QED) is 0.439. The molecule has 1 aromatic carbocycles. The van der Waals surface area contributed by atoms with Crippen molar-refractivity contribution in [3.63, 3.8) is 0 Å². The summed E-state index contributed by atoms with van der Waals surface area (Å²) in [4.78, 5) is 23.1. The fraction of sp³-hybridized carbons (Fsp3) is 0.526.